The van der Waals surface area contributed by atoms with Crippen molar-refractivity contribution >= 4 is 12.4 Å². The lowest BCUT2D eigenvalue weighted by atomic mass is 9.59. The van der Waals surface area contributed by atoms with Crippen molar-refractivity contribution in [3.63, 3.8) is 0 Å². The normalized spacial score (nSPS) is 32.4. The van der Waals surface area contributed by atoms with Crippen molar-refractivity contribution in [2.45, 2.75) is 51.5 Å². The van der Waals surface area contributed by atoms with Gasteiger partial charge in [0.05, 0.1) is 0 Å². The lowest BCUT2D eigenvalue weighted by Gasteiger charge is -2.54. The van der Waals surface area contributed by atoms with Gasteiger partial charge in [0.15, 0.2) is 0 Å². The second-order valence-electron chi connectivity index (χ2n) is 6.61. The molecule has 0 spiro atoms. The quantitative estimate of drug-likeness (QED) is 0.898. The van der Waals surface area contributed by atoms with Crippen LogP contribution in [0.3, 0.4) is 0 Å². The highest BCUT2D eigenvalue weighted by Gasteiger charge is 2.48. The summed E-state index contributed by atoms with van der Waals surface area (Å²) in [4.78, 5) is 2.68. The molecule has 0 saturated carbocycles. The Morgan fingerprint density at radius 3 is 2.85 bits per heavy atom. The van der Waals surface area contributed by atoms with Crippen LogP contribution >= 0.6 is 12.4 Å². The molecular formula is C17H26ClNO. The molecule has 1 saturated heterocycles. The number of phenolic OH excluding ortho intramolecular Hbond substituents is 1. The summed E-state index contributed by atoms with van der Waals surface area (Å²) in [7, 11) is 0. The van der Waals surface area contributed by atoms with E-state index in [1.165, 1.54) is 37.1 Å². The molecule has 1 aromatic rings. The fourth-order valence-electron chi connectivity index (χ4n) is 4.26. The van der Waals surface area contributed by atoms with Crippen LogP contribution < -0.4 is 0 Å². The maximum Gasteiger partial charge on any atom is 0.115 e. The van der Waals surface area contributed by atoms with Gasteiger partial charge in [0.2, 0.25) is 0 Å². The van der Waals surface area contributed by atoms with Crippen molar-refractivity contribution in [3.05, 3.63) is 29.3 Å². The molecule has 0 aromatic heterocycles. The van der Waals surface area contributed by atoms with Gasteiger partial charge in [-0.25, -0.2) is 0 Å². The first-order valence-electron chi connectivity index (χ1n) is 7.62. The van der Waals surface area contributed by atoms with E-state index in [0.29, 0.717) is 17.7 Å². The Hall–Kier alpha value is -0.730. The van der Waals surface area contributed by atoms with E-state index >= 15 is 0 Å². The fraction of sp³-hybridized carbons (Fsp3) is 0.647. The van der Waals surface area contributed by atoms with Crippen LogP contribution in [-0.4, -0.2) is 29.1 Å². The Morgan fingerprint density at radius 1 is 1.40 bits per heavy atom. The van der Waals surface area contributed by atoms with Gasteiger partial charge in [0, 0.05) is 6.04 Å². The van der Waals surface area contributed by atoms with E-state index in [-0.39, 0.29) is 17.8 Å². The minimum Gasteiger partial charge on any atom is -0.508 e. The average molecular weight is 296 g/mol. The molecule has 3 heteroatoms. The predicted molar refractivity (Wildman–Crippen MR) is 85.8 cm³/mol. The zero-order valence-corrected chi connectivity index (χ0v) is 13.5. The van der Waals surface area contributed by atoms with Crippen molar-refractivity contribution in [2.75, 3.05) is 13.1 Å². The molecule has 2 aliphatic rings. The molecule has 1 aliphatic heterocycles. The highest BCUT2D eigenvalue weighted by molar-refractivity contribution is 5.85. The molecular weight excluding hydrogens is 270 g/mol. The van der Waals surface area contributed by atoms with Crippen LogP contribution in [0.1, 0.15) is 44.7 Å². The number of rotatable bonds is 2. The third-order valence-electron chi connectivity index (χ3n) is 5.62. The predicted octanol–water partition coefficient (Wildman–Crippen LogP) is 3.75. The molecule has 3 atom stereocenters. The first-order valence-corrected chi connectivity index (χ1v) is 7.62. The first-order chi connectivity index (χ1) is 9.06. The number of likely N-dealkylation sites (tertiary alicyclic amines) is 1. The molecule has 0 unspecified atom stereocenters. The summed E-state index contributed by atoms with van der Waals surface area (Å²) < 4.78 is 0. The molecule has 2 bridgehead atoms. The van der Waals surface area contributed by atoms with Crippen molar-refractivity contribution in [2.24, 2.45) is 5.92 Å². The number of piperidine rings is 1. The van der Waals surface area contributed by atoms with E-state index in [1.54, 1.807) is 0 Å². The number of hydrogen-bond donors (Lipinski definition) is 1. The van der Waals surface area contributed by atoms with E-state index in [4.69, 9.17) is 0 Å². The van der Waals surface area contributed by atoms with Crippen LogP contribution in [0.25, 0.3) is 0 Å². The van der Waals surface area contributed by atoms with Crippen LogP contribution in [0.15, 0.2) is 18.2 Å². The highest BCUT2D eigenvalue weighted by Crippen LogP contribution is 2.49. The fourth-order valence-corrected chi connectivity index (χ4v) is 4.26. The van der Waals surface area contributed by atoms with Crippen molar-refractivity contribution in [1.29, 1.82) is 0 Å². The number of benzene rings is 1. The van der Waals surface area contributed by atoms with Crippen LogP contribution in [0, 0.1) is 5.92 Å². The van der Waals surface area contributed by atoms with E-state index in [1.807, 2.05) is 12.1 Å². The van der Waals surface area contributed by atoms with Gasteiger partial charge in [-0.2, -0.15) is 0 Å². The summed E-state index contributed by atoms with van der Waals surface area (Å²) in [6.45, 7) is 9.49. The van der Waals surface area contributed by atoms with Crippen LogP contribution in [0.2, 0.25) is 0 Å². The molecule has 0 amide bonds. The van der Waals surface area contributed by atoms with Gasteiger partial charge in [-0.05, 0) is 66.9 Å². The maximum atomic E-state index is 9.81. The molecule has 2 nitrogen and oxygen atoms in total. The van der Waals surface area contributed by atoms with Gasteiger partial charge in [0.1, 0.15) is 5.75 Å². The monoisotopic (exact) mass is 295 g/mol. The average Bonchev–Trinajstić information content (AvgIpc) is 2.38. The molecule has 3 rings (SSSR count). The highest BCUT2D eigenvalue weighted by atomic mass is 35.5. The van der Waals surface area contributed by atoms with Crippen LogP contribution in [-0.2, 0) is 11.8 Å². The molecule has 1 aliphatic carbocycles. The summed E-state index contributed by atoms with van der Waals surface area (Å²) >= 11 is 0. The third-order valence-corrected chi connectivity index (χ3v) is 5.62. The van der Waals surface area contributed by atoms with E-state index in [0.717, 1.165) is 6.42 Å². The number of hydrogen-bond acceptors (Lipinski definition) is 2. The SMILES string of the molecule is CCCN1CC[C@@]2(C)c3cc(O)ccc3C[C@H]1[C@@H]2C.Cl. The molecule has 0 radical (unpaired) electrons. The van der Waals surface area contributed by atoms with Crippen LogP contribution in [0.4, 0.5) is 0 Å². The van der Waals surface area contributed by atoms with Gasteiger partial charge in [-0.3, -0.25) is 4.90 Å². The standard InChI is InChI=1S/C17H25NO.ClH/c1-4-8-18-9-7-17(3)12(2)16(18)10-13-5-6-14(19)11-15(13)17;/h5-6,11-12,16,19H,4,7-10H2,1-3H3;1H/t12-,16-,17+;/m0./s1. The zero-order valence-electron chi connectivity index (χ0n) is 12.7. The summed E-state index contributed by atoms with van der Waals surface area (Å²) in [5.74, 6) is 1.09. The Balaban J connectivity index is 0.00000147. The Morgan fingerprint density at radius 2 is 2.15 bits per heavy atom. The third kappa shape index (κ3) is 2.23. The lowest BCUT2D eigenvalue weighted by Crippen LogP contribution is -2.57. The zero-order chi connectivity index (χ0) is 13.6. The van der Waals surface area contributed by atoms with E-state index < -0.39 is 0 Å². The minimum absolute atomic E-state index is 0. The summed E-state index contributed by atoms with van der Waals surface area (Å²) in [5.41, 5.74) is 3.08. The Kier molecular flexibility index (Phi) is 4.36. The van der Waals surface area contributed by atoms with Gasteiger partial charge < -0.3 is 5.11 Å². The summed E-state index contributed by atoms with van der Waals surface area (Å²) in [5, 5.41) is 9.81. The largest absolute Gasteiger partial charge is 0.508 e. The van der Waals surface area contributed by atoms with Gasteiger partial charge in [0.25, 0.3) is 0 Å². The van der Waals surface area contributed by atoms with Gasteiger partial charge >= 0.3 is 0 Å². The second-order valence-corrected chi connectivity index (χ2v) is 6.61. The number of aromatic hydroxyl groups is 1. The summed E-state index contributed by atoms with van der Waals surface area (Å²) in [6, 6.07) is 6.67. The van der Waals surface area contributed by atoms with E-state index in [9.17, 15) is 5.11 Å². The first kappa shape index (κ1) is 15.7. The molecule has 1 fully saturated rings. The van der Waals surface area contributed by atoms with Crippen molar-refractivity contribution in [1.82, 2.24) is 4.90 Å². The number of nitrogens with zero attached hydrogens (tertiary/aromatic N) is 1. The Labute approximate surface area is 128 Å². The topological polar surface area (TPSA) is 23.5 Å². The number of halogens is 1. The molecule has 1 N–H and O–H groups in total. The van der Waals surface area contributed by atoms with Crippen molar-refractivity contribution < 1.29 is 5.11 Å². The minimum atomic E-state index is 0. The second kappa shape index (κ2) is 5.57. The molecule has 1 heterocycles. The van der Waals surface area contributed by atoms with Crippen LogP contribution in [0.5, 0.6) is 5.75 Å². The smallest absolute Gasteiger partial charge is 0.115 e. The molecule has 1 aromatic carbocycles. The van der Waals surface area contributed by atoms with Crippen molar-refractivity contribution in [3.8, 4) is 5.75 Å². The summed E-state index contributed by atoms with van der Waals surface area (Å²) in [6.07, 6.45) is 3.59. The van der Waals surface area contributed by atoms with Gasteiger partial charge in [-0.15, -0.1) is 12.4 Å². The Bertz CT molecular complexity index is 490. The number of fused-ring (bicyclic) bond motifs is 4. The lowest BCUT2D eigenvalue weighted by molar-refractivity contribution is 0.0315. The molecule has 20 heavy (non-hydrogen) atoms. The van der Waals surface area contributed by atoms with Gasteiger partial charge in [-0.1, -0.05) is 26.8 Å². The van der Waals surface area contributed by atoms with E-state index in [2.05, 4.69) is 31.7 Å². The maximum absolute atomic E-state index is 9.81. The molecule has 112 valence electrons. The number of phenols is 1.